The van der Waals surface area contributed by atoms with Crippen LogP contribution in [0.15, 0.2) is 30.3 Å². The van der Waals surface area contributed by atoms with E-state index in [2.05, 4.69) is 17.9 Å². The summed E-state index contributed by atoms with van der Waals surface area (Å²) in [4.78, 5) is 14.2. The van der Waals surface area contributed by atoms with Crippen molar-refractivity contribution in [1.29, 1.82) is 0 Å². The number of likely N-dealkylation sites (tertiary alicyclic amines) is 1. The number of unbranched alkanes of at least 4 members (excludes halogenated alkanes) is 1. The smallest absolute Gasteiger partial charge is 0.307 e. The molecule has 2 aromatic rings. The highest BCUT2D eigenvalue weighted by Gasteiger charge is 2.43. The highest BCUT2D eigenvalue weighted by molar-refractivity contribution is 6.39. The van der Waals surface area contributed by atoms with Crippen LogP contribution in [-0.2, 0) is 21.6 Å². The molecule has 0 amide bonds. The minimum absolute atomic E-state index is 0.0226. The average molecular weight is 527 g/mol. The van der Waals surface area contributed by atoms with E-state index < -0.39 is 0 Å². The number of nitrogens with zero attached hydrogens (tertiary/aromatic N) is 1. The second-order valence-electron chi connectivity index (χ2n) is 9.03. The molecule has 2 aliphatic heterocycles. The Morgan fingerprint density at radius 3 is 2.56 bits per heavy atom. The first-order valence-corrected chi connectivity index (χ1v) is 12.9. The molecule has 2 aliphatic rings. The Morgan fingerprint density at radius 1 is 1.12 bits per heavy atom. The van der Waals surface area contributed by atoms with Crippen molar-refractivity contribution in [3.63, 3.8) is 0 Å². The van der Waals surface area contributed by atoms with Gasteiger partial charge in [-0.2, -0.15) is 0 Å². The molecule has 1 saturated heterocycles. The van der Waals surface area contributed by atoms with Crippen LogP contribution in [0.1, 0.15) is 50.2 Å². The summed E-state index contributed by atoms with van der Waals surface area (Å²) in [6.07, 6.45) is 4.41. The van der Waals surface area contributed by atoms with Crippen molar-refractivity contribution in [3.8, 4) is 11.5 Å². The number of hydrogen-bond donors (Lipinski definition) is 0. The van der Waals surface area contributed by atoms with E-state index in [9.17, 15) is 4.79 Å². The monoisotopic (exact) mass is 525 g/mol. The number of ether oxygens (including phenoxy) is 3. The normalized spacial score (nSPS) is 16.8. The van der Waals surface area contributed by atoms with Gasteiger partial charge in [0.15, 0.2) is 0 Å². The third-order valence-electron chi connectivity index (χ3n) is 6.72. The van der Waals surface area contributed by atoms with Crippen LogP contribution >= 0.6 is 34.8 Å². The molecule has 0 aromatic heterocycles. The summed E-state index contributed by atoms with van der Waals surface area (Å²) in [5, 5.41) is 1.46. The molecule has 184 valence electrons. The lowest BCUT2D eigenvalue weighted by Gasteiger charge is -2.38. The van der Waals surface area contributed by atoms with E-state index in [-0.39, 0.29) is 18.0 Å². The van der Waals surface area contributed by atoms with Crippen molar-refractivity contribution in [3.05, 3.63) is 56.5 Å². The number of benzene rings is 2. The molecule has 1 fully saturated rings. The molecule has 0 atom stereocenters. The molecule has 1 spiro atoms. The van der Waals surface area contributed by atoms with Crippen LogP contribution in [0.2, 0.25) is 15.1 Å². The van der Waals surface area contributed by atoms with Gasteiger partial charge in [-0.3, -0.25) is 4.79 Å². The lowest BCUT2D eigenvalue weighted by Crippen LogP contribution is -2.44. The molecule has 2 aromatic carbocycles. The number of hydrogen-bond acceptors (Lipinski definition) is 5. The molecule has 0 aliphatic carbocycles. The van der Waals surface area contributed by atoms with Crippen molar-refractivity contribution in [2.24, 2.45) is 0 Å². The van der Waals surface area contributed by atoms with Gasteiger partial charge in [-0.1, -0.05) is 54.2 Å². The van der Waals surface area contributed by atoms with Gasteiger partial charge in [0.05, 0.1) is 29.7 Å². The first kappa shape index (κ1) is 25.4. The summed E-state index contributed by atoms with van der Waals surface area (Å²) in [6, 6.07) is 9.35. The summed E-state index contributed by atoms with van der Waals surface area (Å²) in [5.74, 6) is 1.48. The van der Waals surface area contributed by atoms with Gasteiger partial charge < -0.3 is 19.1 Å². The highest BCUT2D eigenvalue weighted by atomic mass is 35.5. The highest BCUT2D eigenvalue weighted by Crippen LogP contribution is 2.46. The number of rotatable bonds is 9. The predicted molar refractivity (Wildman–Crippen MR) is 136 cm³/mol. The molecule has 4 rings (SSSR count). The first-order valence-electron chi connectivity index (χ1n) is 11.8. The van der Waals surface area contributed by atoms with Crippen LogP contribution in [0.5, 0.6) is 11.5 Å². The molecule has 8 heteroatoms. The average Bonchev–Trinajstić information content (AvgIpc) is 3.15. The summed E-state index contributed by atoms with van der Waals surface area (Å²) in [7, 11) is 0. The van der Waals surface area contributed by atoms with Crippen LogP contribution in [-0.4, -0.2) is 43.7 Å². The lowest BCUT2D eigenvalue weighted by atomic mass is 9.74. The van der Waals surface area contributed by atoms with Crippen LogP contribution < -0.4 is 9.47 Å². The third kappa shape index (κ3) is 5.93. The van der Waals surface area contributed by atoms with Crippen molar-refractivity contribution in [1.82, 2.24) is 4.90 Å². The van der Waals surface area contributed by atoms with Gasteiger partial charge in [0.2, 0.25) is 0 Å². The topological polar surface area (TPSA) is 48.0 Å². The third-order valence-corrected chi connectivity index (χ3v) is 7.62. The molecule has 0 unspecified atom stereocenters. The van der Waals surface area contributed by atoms with E-state index in [0.29, 0.717) is 46.0 Å². The second-order valence-corrected chi connectivity index (χ2v) is 10.3. The van der Waals surface area contributed by atoms with Gasteiger partial charge in [0.1, 0.15) is 18.1 Å². The first-order chi connectivity index (χ1) is 16.4. The molecular formula is C26H30Cl3NO4. The van der Waals surface area contributed by atoms with Gasteiger partial charge in [-0.15, -0.1) is 0 Å². The molecule has 0 radical (unpaired) electrons. The fourth-order valence-electron chi connectivity index (χ4n) is 4.58. The Labute approximate surface area is 216 Å². The van der Waals surface area contributed by atoms with Crippen LogP contribution in [0.3, 0.4) is 0 Å². The molecule has 0 saturated carbocycles. The summed E-state index contributed by atoms with van der Waals surface area (Å²) in [6.45, 7) is 6.16. The fourth-order valence-corrected chi connectivity index (χ4v) is 5.51. The zero-order valence-electron chi connectivity index (χ0n) is 19.4. The molecular weight excluding hydrogens is 497 g/mol. The number of fused-ring (bicyclic) bond motifs is 2. The Morgan fingerprint density at radius 2 is 1.85 bits per heavy atom. The van der Waals surface area contributed by atoms with Crippen LogP contribution in [0, 0.1) is 0 Å². The van der Waals surface area contributed by atoms with E-state index >= 15 is 0 Å². The van der Waals surface area contributed by atoms with Crippen molar-refractivity contribution in [2.45, 2.75) is 51.0 Å². The molecule has 0 bridgehead atoms. The van der Waals surface area contributed by atoms with Crippen molar-refractivity contribution < 1.29 is 19.0 Å². The maximum Gasteiger partial charge on any atom is 0.307 e. The zero-order chi connectivity index (χ0) is 24.1. The van der Waals surface area contributed by atoms with E-state index in [0.717, 1.165) is 51.1 Å². The van der Waals surface area contributed by atoms with Gasteiger partial charge in [0.25, 0.3) is 0 Å². The van der Waals surface area contributed by atoms with Gasteiger partial charge in [-0.05, 0) is 50.6 Å². The van der Waals surface area contributed by atoms with Gasteiger partial charge in [-0.25, -0.2) is 0 Å². The molecule has 5 nitrogen and oxygen atoms in total. The van der Waals surface area contributed by atoms with E-state index in [1.165, 1.54) is 5.56 Å². The van der Waals surface area contributed by atoms with Crippen LogP contribution in [0.4, 0.5) is 0 Å². The summed E-state index contributed by atoms with van der Waals surface area (Å²) < 4.78 is 17.3. The Balaban J connectivity index is 1.31. The number of carbonyl (C=O) groups is 1. The second kappa shape index (κ2) is 11.4. The number of carbonyl (C=O) groups excluding carboxylic acids is 1. The predicted octanol–water partition coefficient (Wildman–Crippen LogP) is 6.69. The Hall–Kier alpha value is -1.66. The van der Waals surface area contributed by atoms with Gasteiger partial charge >= 0.3 is 5.97 Å². The van der Waals surface area contributed by atoms with E-state index in [1.54, 1.807) is 12.1 Å². The standard InChI is InChI=1S/C26H30Cl3NO4/c1-2-3-12-32-25(31)6-9-30-10-7-26(8-11-30)17-34-24-15-19(4-5-21(24)26)33-16-20-22(28)13-18(27)14-23(20)29/h4-5,13-15H,2-3,6-12,16-17H2,1H3. The zero-order valence-corrected chi connectivity index (χ0v) is 21.6. The van der Waals surface area contributed by atoms with Gasteiger partial charge in [0, 0.05) is 34.2 Å². The SMILES string of the molecule is CCCCOC(=O)CCN1CCC2(CC1)COc1cc(OCc3c(Cl)cc(Cl)cc3Cl)ccc12. The quantitative estimate of drug-likeness (QED) is 0.269. The molecule has 0 N–H and O–H groups in total. The molecule has 2 heterocycles. The number of esters is 1. The summed E-state index contributed by atoms with van der Waals surface area (Å²) in [5.41, 5.74) is 1.96. The fraction of sp³-hybridized carbons (Fsp3) is 0.500. The van der Waals surface area contributed by atoms with Crippen molar-refractivity contribution >= 4 is 40.8 Å². The maximum absolute atomic E-state index is 11.9. The minimum Gasteiger partial charge on any atom is -0.492 e. The summed E-state index contributed by atoms with van der Waals surface area (Å²) >= 11 is 18.5. The van der Waals surface area contributed by atoms with Crippen LogP contribution in [0.25, 0.3) is 0 Å². The largest absolute Gasteiger partial charge is 0.492 e. The number of halogens is 3. The maximum atomic E-state index is 11.9. The van der Waals surface area contributed by atoms with Crippen molar-refractivity contribution in [2.75, 3.05) is 32.8 Å². The van der Waals surface area contributed by atoms with E-state index in [4.69, 9.17) is 49.0 Å². The lowest BCUT2D eigenvalue weighted by molar-refractivity contribution is -0.144. The Kier molecular flexibility index (Phi) is 8.52. The van der Waals surface area contributed by atoms with E-state index in [1.807, 2.05) is 12.1 Å². The number of piperidine rings is 1. The molecule has 34 heavy (non-hydrogen) atoms. The Bertz CT molecular complexity index is 998. The minimum atomic E-state index is -0.100.